The van der Waals surface area contributed by atoms with Crippen LogP contribution in [0, 0.1) is 5.92 Å². The van der Waals surface area contributed by atoms with Crippen molar-refractivity contribution in [1.29, 1.82) is 0 Å². The number of nitrogens with zero attached hydrogens (tertiary/aromatic N) is 2. The number of amides is 2. The van der Waals surface area contributed by atoms with E-state index in [-0.39, 0.29) is 18.1 Å². The minimum absolute atomic E-state index is 0.144. The van der Waals surface area contributed by atoms with E-state index in [0.717, 1.165) is 5.56 Å². The highest BCUT2D eigenvalue weighted by atomic mass is 16.4. The Labute approximate surface area is 150 Å². The molecule has 1 fully saturated rings. The summed E-state index contributed by atoms with van der Waals surface area (Å²) in [5.41, 5.74) is 0.736. The second-order valence-electron chi connectivity index (χ2n) is 6.37. The zero-order valence-corrected chi connectivity index (χ0v) is 14.2. The van der Waals surface area contributed by atoms with Gasteiger partial charge in [0.1, 0.15) is 0 Å². The van der Waals surface area contributed by atoms with Crippen molar-refractivity contribution < 1.29 is 14.7 Å². The van der Waals surface area contributed by atoms with Crippen LogP contribution in [-0.2, 0) is 11.3 Å². The molecular formula is C19H21N3O4. The monoisotopic (exact) mass is 355 g/mol. The summed E-state index contributed by atoms with van der Waals surface area (Å²) >= 11 is 0. The standard InChI is InChI=1S/C19H21N3O4/c23-17-8-4-5-10-21(17)13-16(14-6-2-1-3-7-14)20-19(26)22-11-9-15(12-22)18(24)25/h1-8,10,15-16H,9,11-13H2,(H,20,26)(H,24,25). The van der Waals surface area contributed by atoms with Crippen LogP contribution in [0.5, 0.6) is 0 Å². The Bertz CT molecular complexity index is 834. The molecule has 1 aliphatic heterocycles. The predicted octanol–water partition coefficient (Wildman–Crippen LogP) is 1.71. The predicted molar refractivity (Wildman–Crippen MR) is 95.7 cm³/mol. The number of rotatable bonds is 5. The van der Waals surface area contributed by atoms with E-state index in [1.165, 1.54) is 11.0 Å². The van der Waals surface area contributed by atoms with Gasteiger partial charge in [-0.05, 0) is 18.1 Å². The van der Waals surface area contributed by atoms with Gasteiger partial charge in [0.15, 0.2) is 0 Å². The Morgan fingerprint density at radius 3 is 2.54 bits per heavy atom. The molecule has 136 valence electrons. The van der Waals surface area contributed by atoms with E-state index in [1.54, 1.807) is 22.9 Å². The number of carboxylic acid groups (broad SMARTS) is 1. The van der Waals surface area contributed by atoms with E-state index in [9.17, 15) is 14.4 Å². The largest absolute Gasteiger partial charge is 0.481 e. The fourth-order valence-electron chi connectivity index (χ4n) is 3.11. The third kappa shape index (κ3) is 4.11. The molecule has 0 radical (unpaired) electrons. The number of carbonyl (C=O) groups excluding carboxylic acids is 1. The Morgan fingerprint density at radius 2 is 1.88 bits per heavy atom. The molecule has 1 aliphatic rings. The van der Waals surface area contributed by atoms with Crippen LogP contribution in [0.1, 0.15) is 18.0 Å². The van der Waals surface area contributed by atoms with Crippen LogP contribution >= 0.6 is 0 Å². The van der Waals surface area contributed by atoms with Crippen molar-refractivity contribution in [2.45, 2.75) is 19.0 Å². The lowest BCUT2D eigenvalue weighted by Gasteiger charge is -2.24. The second kappa shape index (κ2) is 7.86. The number of likely N-dealkylation sites (tertiary alicyclic amines) is 1. The number of urea groups is 1. The van der Waals surface area contributed by atoms with Gasteiger partial charge in [-0.3, -0.25) is 9.59 Å². The van der Waals surface area contributed by atoms with Gasteiger partial charge in [0, 0.05) is 25.4 Å². The topological polar surface area (TPSA) is 91.6 Å². The molecule has 3 rings (SSSR count). The number of benzene rings is 1. The molecule has 1 aromatic carbocycles. The van der Waals surface area contributed by atoms with Crippen LogP contribution in [0.15, 0.2) is 59.5 Å². The van der Waals surface area contributed by atoms with Gasteiger partial charge in [-0.1, -0.05) is 36.4 Å². The van der Waals surface area contributed by atoms with E-state index in [2.05, 4.69) is 5.32 Å². The van der Waals surface area contributed by atoms with Gasteiger partial charge in [0.2, 0.25) is 0 Å². The van der Waals surface area contributed by atoms with Crippen LogP contribution < -0.4 is 10.9 Å². The van der Waals surface area contributed by atoms with Gasteiger partial charge >= 0.3 is 12.0 Å². The molecule has 2 amide bonds. The van der Waals surface area contributed by atoms with Crippen LogP contribution in [-0.4, -0.2) is 39.7 Å². The van der Waals surface area contributed by atoms with Gasteiger partial charge in [0.05, 0.1) is 18.5 Å². The molecule has 1 saturated heterocycles. The Kier molecular flexibility index (Phi) is 5.36. The summed E-state index contributed by atoms with van der Waals surface area (Å²) in [5.74, 6) is -1.40. The molecule has 2 heterocycles. The lowest BCUT2D eigenvalue weighted by molar-refractivity contribution is -0.141. The van der Waals surface area contributed by atoms with Crippen LogP contribution in [0.2, 0.25) is 0 Å². The summed E-state index contributed by atoms with van der Waals surface area (Å²) in [6.45, 7) is 0.912. The first-order valence-electron chi connectivity index (χ1n) is 8.53. The highest BCUT2D eigenvalue weighted by Crippen LogP contribution is 2.19. The summed E-state index contributed by atoms with van der Waals surface area (Å²) in [6, 6.07) is 13.6. The molecule has 2 N–H and O–H groups in total. The summed E-state index contributed by atoms with van der Waals surface area (Å²) in [4.78, 5) is 37.2. The maximum absolute atomic E-state index is 12.6. The third-order valence-electron chi connectivity index (χ3n) is 4.60. The summed E-state index contributed by atoms with van der Waals surface area (Å²) < 4.78 is 1.54. The molecule has 0 saturated carbocycles. The van der Waals surface area contributed by atoms with Gasteiger partial charge in [-0.15, -0.1) is 0 Å². The number of hydrogen-bond donors (Lipinski definition) is 2. The average molecular weight is 355 g/mol. The Balaban J connectivity index is 1.76. The Hall–Kier alpha value is -3.09. The maximum Gasteiger partial charge on any atom is 0.317 e. The number of aromatic nitrogens is 1. The van der Waals surface area contributed by atoms with Crippen molar-refractivity contribution in [3.8, 4) is 0 Å². The van der Waals surface area contributed by atoms with Crippen LogP contribution in [0.25, 0.3) is 0 Å². The number of pyridine rings is 1. The number of carbonyl (C=O) groups is 2. The molecule has 2 unspecified atom stereocenters. The summed E-state index contributed by atoms with van der Waals surface area (Å²) in [7, 11) is 0. The normalized spacial score (nSPS) is 17.7. The van der Waals surface area contributed by atoms with Crippen LogP contribution in [0.3, 0.4) is 0 Å². The van der Waals surface area contributed by atoms with Gasteiger partial charge < -0.3 is 19.9 Å². The molecule has 2 atom stereocenters. The molecule has 7 heteroatoms. The fourth-order valence-corrected chi connectivity index (χ4v) is 3.11. The van der Waals surface area contributed by atoms with E-state index in [1.807, 2.05) is 30.3 Å². The number of aliphatic carboxylic acids is 1. The van der Waals surface area contributed by atoms with Crippen molar-refractivity contribution in [2.24, 2.45) is 5.92 Å². The van der Waals surface area contributed by atoms with Crippen LogP contribution in [0.4, 0.5) is 4.79 Å². The van der Waals surface area contributed by atoms with Crippen molar-refractivity contribution in [2.75, 3.05) is 13.1 Å². The van der Waals surface area contributed by atoms with Gasteiger partial charge in [0.25, 0.3) is 5.56 Å². The fraction of sp³-hybridized carbons (Fsp3) is 0.316. The van der Waals surface area contributed by atoms with Crippen molar-refractivity contribution >= 4 is 12.0 Å². The van der Waals surface area contributed by atoms with E-state index in [4.69, 9.17) is 5.11 Å². The number of hydrogen-bond acceptors (Lipinski definition) is 3. The maximum atomic E-state index is 12.6. The minimum atomic E-state index is -0.879. The highest BCUT2D eigenvalue weighted by molar-refractivity contribution is 5.77. The lowest BCUT2D eigenvalue weighted by atomic mass is 10.1. The number of carboxylic acids is 1. The molecule has 2 aromatic rings. The number of nitrogens with one attached hydrogen (secondary N) is 1. The Morgan fingerprint density at radius 1 is 1.15 bits per heavy atom. The first-order chi connectivity index (χ1) is 12.5. The molecule has 0 spiro atoms. The smallest absolute Gasteiger partial charge is 0.317 e. The molecule has 7 nitrogen and oxygen atoms in total. The molecule has 26 heavy (non-hydrogen) atoms. The SMILES string of the molecule is O=C(O)C1CCN(C(=O)NC(Cn2ccccc2=O)c2ccccc2)C1. The molecular weight excluding hydrogens is 334 g/mol. The molecule has 0 aliphatic carbocycles. The zero-order chi connectivity index (χ0) is 18.5. The van der Waals surface area contributed by atoms with E-state index in [0.29, 0.717) is 19.5 Å². The zero-order valence-electron chi connectivity index (χ0n) is 14.2. The average Bonchev–Trinajstić information content (AvgIpc) is 3.14. The van der Waals surface area contributed by atoms with Gasteiger partial charge in [-0.25, -0.2) is 4.79 Å². The quantitative estimate of drug-likeness (QED) is 0.854. The summed E-state index contributed by atoms with van der Waals surface area (Å²) in [5, 5.41) is 12.0. The third-order valence-corrected chi connectivity index (χ3v) is 4.60. The summed E-state index contributed by atoms with van der Waals surface area (Å²) in [6.07, 6.45) is 2.14. The minimum Gasteiger partial charge on any atom is -0.481 e. The first-order valence-corrected chi connectivity index (χ1v) is 8.53. The molecule has 0 bridgehead atoms. The van der Waals surface area contributed by atoms with Crippen molar-refractivity contribution in [3.05, 3.63) is 70.6 Å². The van der Waals surface area contributed by atoms with Crippen molar-refractivity contribution in [3.63, 3.8) is 0 Å². The second-order valence-corrected chi connectivity index (χ2v) is 6.37. The highest BCUT2D eigenvalue weighted by Gasteiger charge is 2.31. The van der Waals surface area contributed by atoms with Gasteiger partial charge in [-0.2, -0.15) is 0 Å². The van der Waals surface area contributed by atoms with E-state index >= 15 is 0 Å². The van der Waals surface area contributed by atoms with Crippen molar-refractivity contribution in [1.82, 2.24) is 14.8 Å². The first kappa shape index (κ1) is 17.7. The van der Waals surface area contributed by atoms with E-state index < -0.39 is 17.9 Å². The molecule has 1 aromatic heterocycles. The lowest BCUT2D eigenvalue weighted by Crippen LogP contribution is -2.42.